The summed E-state index contributed by atoms with van der Waals surface area (Å²) in [7, 11) is 0. The third kappa shape index (κ3) is 6.60. The van der Waals surface area contributed by atoms with E-state index in [1.54, 1.807) is 6.92 Å². The number of guanidine groups is 1. The van der Waals surface area contributed by atoms with E-state index in [1.165, 1.54) is 12.8 Å². The molecule has 1 aromatic heterocycles. The average molecular weight is 421 g/mol. The van der Waals surface area contributed by atoms with Crippen LogP contribution in [0.4, 0.5) is 4.79 Å². The van der Waals surface area contributed by atoms with Gasteiger partial charge < -0.3 is 24.4 Å². The molecule has 1 saturated carbocycles. The van der Waals surface area contributed by atoms with Crippen LogP contribution in [0.3, 0.4) is 0 Å². The number of ether oxygens (including phenoxy) is 1. The number of carbonyl (C=O) groups is 1. The van der Waals surface area contributed by atoms with Crippen LogP contribution in [0, 0.1) is 12.8 Å². The van der Waals surface area contributed by atoms with E-state index in [2.05, 4.69) is 32.3 Å². The molecule has 0 spiro atoms. The number of aliphatic imine (C=N–C) groups is 1. The van der Waals surface area contributed by atoms with Crippen LogP contribution in [0.25, 0.3) is 0 Å². The van der Waals surface area contributed by atoms with E-state index in [4.69, 9.17) is 9.26 Å². The summed E-state index contributed by atoms with van der Waals surface area (Å²) in [6.45, 7) is 13.2. The van der Waals surface area contributed by atoms with E-state index in [0.717, 1.165) is 45.0 Å². The first kappa shape index (κ1) is 22.4. The van der Waals surface area contributed by atoms with Gasteiger partial charge in [0.25, 0.3) is 0 Å². The Morgan fingerprint density at radius 3 is 2.53 bits per heavy atom. The monoisotopic (exact) mass is 420 g/mol. The minimum Gasteiger partial charge on any atom is -0.444 e. The maximum Gasteiger partial charge on any atom is 0.410 e. The van der Waals surface area contributed by atoms with Crippen molar-refractivity contribution in [2.75, 3.05) is 26.2 Å². The fourth-order valence-corrected chi connectivity index (χ4v) is 3.63. The largest absolute Gasteiger partial charge is 0.444 e. The number of nitrogens with zero attached hydrogens (tertiary/aromatic N) is 5. The van der Waals surface area contributed by atoms with Crippen molar-refractivity contribution >= 4 is 12.1 Å². The lowest BCUT2D eigenvalue weighted by Gasteiger charge is -2.40. The van der Waals surface area contributed by atoms with Crippen molar-refractivity contribution in [3.8, 4) is 0 Å². The van der Waals surface area contributed by atoms with Crippen molar-refractivity contribution in [2.45, 2.75) is 78.5 Å². The fourth-order valence-electron chi connectivity index (χ4n) is 3.63. The third-order valence-electron chi connectivity index (χ3n) is 5.25. The first-order chi connectivity index (χ1) is 14.2. The zero-order valence-electron chi connectivity index (χ0n) is 19.0. The fraction of sp³-hybridized carbons (Fsp3) is 0.810. The second kappa shape index (κ2) is 9.66. The average Bonchev–Trinajstić information content (AvgIpc) is 3.41. The Bertz CT molecular complexity index is 729. The molecule has 1 aromatic rings. The van der Waals surface area contributed by atoms with Crippen LogP contribution in [0.2, 0.25) is 0 Å². The number of likely N-dealkylation sites (tertiary alicyclic amines) is 1. The summed E-state index contributed by atoms with van der Waals surface area (Å²) in [6.07, 6.45) is 4.04. The molecule has 3 rings (SSSR count). The summed E-state index contributed by atoms with van der Waals surface area (Å²) < 4.78 is 10.9. The lowest BCUT2D eigenvalue weighted by molar-refractivity contribution is 0.00928. The Hall–Kier alpha value is -2.32. The van der Waals surface area contributed by atoms with Crippen LogP contribution in [0.1, 0.15) is 65.1 Å². The molecule has 0 atom stereocenters. The Morgan fingerprint density at radius 1 is 1.30 bits per heavy atom. The highest BCUT2D eigenvalue weighted by atomic mass is 16.6. The van der Waals surface area contributed by atoms with E-state index in [1.807, 2.05) is 25.7 Å². The van der Waals surface area contributed by atoms with Crippen LogP contribution in [0.15, 0.2) is 9.52 Å². The molecular formula is C21H36N6O3. The minimum absolute atomic E-state index is 0.180. The number of carbonyl (C=O) groups excluding carboxylic acids is 1. The molecule has 1 aliphatic heterocycles. The topological polar surface area (TPSA) is 96.1 Å². The summed E-state index contributed by atoms with van der Waals surface area (Å²) in [4.78, 5) is 25.9. The molecule has 0 aromatic carbocycles. The SMILES string of the molecule is CCNC(=NCc1nc(C)no1)N1CCC(N(CC2CC2)C(=O)OC(C)(C)C)CC1. The summed E-state index contributed by atoms with van der Waals surface area (Å²) in [5.74, 6) is 2.60. The molecule has 1 saturated heterocycles. The molecule has 9 heteroatoms. The van der Waals surface area contributed by atoms with Crippen molar-refractivity contribution < 1.29 is 14.1 Å². The maximum atomic E-state index is 12.8. The van der Waals surface area contributed by atoms with Gasteiger partial charge in [0.15, 0.2) is 11.8 Å². The van der Waals surface area contributed by atoms with E-state index < -0.39 is 5.60 Å². The van der Waals surface area contributed by atoms with Gasteiger partial charge in [-0.2, -0.15) is 4.98 Å². The van der Waals surface area contributed by atoms with Gasteiger partial charge in [-0.15, -0.1) is 0 Å². The Balaban J connectivity index is 1.60. The molecule has 0 radical (unpaired) electrons. The van der Waals surface area contributed by atoms with Gasteiger partial charge in [-0.1, -0.05) is 5.16 Å². The number of amides is 1. The Kier molecular flexibility index (Phi) is 7.20. The predicted octanol–water partition coefficient (Wildman–Crippen LogP) is 2.96. The van der Waals surface area contributed by atoms with Crippen molar-refractivity contribution in [3.63, 3.8) is 0 Å². The molecule has 0 unspecified atom stereocenters. The summed E-state index contributed by atoms with van der Waals surface area (Å²) in [6, 6.07) is 0.207. The molecule has 2 fully saturated rings. The van der Waals surface area contributed by atoms with Crippen LogP contribution in [-0.2, 0) is 11.3 Å². The standard InChI is InChI=1S/C21H36N6O3/c1-6-22-19(23-13-18-24-15(2)25-30-18)26-11-9-17(10-12-26)27(14-16-7-8-16)20(28)29-21(3,4)5/h16-17H,6-14H2,1-5H3,(H,22,23). The van der Waals surface area contributed by atoms with Crippen molar-refractivity contribution in [2.24, 2.45) is 10.9 Å². The highest BCUT2D eigenvalue weighted by Crippen LogP contribution is 2.32. The van der Waals surface area contributed by atoms with Crippen LogP contribution in [0.5, 0.6) is 0 Å². The van der Waals surface area contributed by atoms with Gasteiger partial charge in [-0.05, 0) is 66.2 Å². The van der Waals surface area contributed by atoms with Gasteiger partial charge in [0.05, 0.1) is 0 Å². The van der Waals surface area contributed by atoms with Gasteiger partial charge >= 0.3 is 6.09 Å². The molecule has 0 bridgehead atoms. The van der Waals surface area contributed by atoms with Gasteiger partial charge in [0.1, 0.15) is 12.1 Å². The number of rotatable bonds is 6. The highest BCUT2D eigenvalue weighted by Gasteiger charge is 2.35. The number of aromatic nitrogens is 2. The number of piperidine rings is 1. The van der Waals surface area contributed by atoms with Gasteiger partial charge in [-0.3, -0.25) is 0 Å². The number of hydrogen-bond acceptors (Lipinski definition) is 6. The van der Waals surface area contributed by atoms with Crippen molar-refractivity contribution in [3.05, 3.63) is 11.7 Å². The maximum absolute atomic E-state index is 12.8. The smallest absolute Gasteiger partial charge is 0.410 e. The van der Waals surface area contributed by atoms with E-state index in [0.29, 0.717) is 24.2 Å². The quantitative estimate of drug-likeness (QED) is 0.558. The summed E-state index contributed by atoms with van der Waals surface area (Å²) >= 11 is 0. The van der Waals surface area contributed by atoms with Gasteiger partial charge in [-0.25, -0.2) is 9.79 Å². The van der Waals surface area contributed by atoms with Gasteiger partial charge in [0.2, 0.25) is 5.89 Å². The van der Waals surface area contributed by atoms with E-state index >= 15 is 0 Å². The number of aryl methyl sites for hydroxylation is 1. The molecule has 1 N–H and O–H groups in total. The van der Waals surface area contributed by atoms with E-state index in [-0.39, 0.29) is 12.1 Å². The normalized spacial score (nSPS) is 18.4. The van der Waals surface area contributed by atoms with Gasteiger partial charge in [0, 0.05) is 32.2 Å². The first-order valence-corrected chi connectivity index (χ1v) is 11.1. The predicted molar refractivity (Wildman–Crippen MR) is 114 cm³/mol. The first-order valence-electron chi connectivity index (χ1n) is 11.1. The summed E-state index contributed by atoms with van der Waals surface area (Å²) in [5.41, 5.74) is -0.475. The zero-order valence-corrected chi connectivity index (χ0v) is 19.0. The van der Waals surface area contributed by atoms with Crippen molar-refractivity contribution in [1.29, 1.82) is 0 Å². The molecule has 1 amide bonds. The molecule has 30 heavy (non-hydrogen) atoms. The van der Waals surface area contributed by atoms with Crippen LogP contribution < -0.4 is 5.32 Å². The lowest BCUT2D eigenvalue weighted by atomic mass is 10.0. The lowest BCUT2D eigenvalue weighted by Crippen LogP contribution is -2.52. The second-order valence-corrected chi connectivity index (χ2v) is 9.20. The number of nitrogens with one attached hydrogen (secondary N) is 1. The molecule has 2 aliphatic rings. The molecule has 2 heterocycles. The summed E-state index contributed by atoms with van der Waals surface area (Å²) in [5, 5.41) is 7.16. The Morgan fingerprint density at radius 2 is 2.00 bits per heavy atom. The molecule has 168 valence electrons. The molecule has 1 aliphatic carbocycles. The number of hydrogen-bond donors (Lipinski definition) is 1. The zero-order chi connectivity index (χ0) is 21.7. The van der Waals surface area contributed by atoms with Crippen molar-refractivity contribution in [1.82, 2.24) is 25.3 Å². The molecule has 9 nitrogen and oxygen atoms in total. The second-order valence-electron chi connectivity index (χ2n) is 9.20. The van der Waals surface area contributed by atoms with E-state index in [9.17, 15) is 4.79 Å². The van der Waals surface area contributed by atoms with Crippen LogP contribution >= 0.6 is 0 Å². The molecular weight excluding hydrogens is 384 g/mol. The third-order valence-corrected chi connectivity index (χ3v) is 5.25. The minimum atomic E-state index is -0.475. The highest BCUT2D eigenvalue weighted by molar-refractivity contribution is 5.80. The van der Waals surface area contributed by atoms with Crippen LogP contribution in [-0.4, -0.2) is 69.8 Å². The Labute approximate surface area is 179 Å².